The Morgan fingerprint density at radius 3 is 2.09 bits per heavy atom. The van der Waals surface area contributed by atoms with Gasteiger partial charge in [-0.1, -0.05) is 12.1 Å². The van der Waals surface area contributed by atoms with Crippen LogP contribution in [0.3, 0.4) is 0 Å². The molecule has 1 amide bonds. The van der Waals surface area contributed by atoms with Crippen molar-refractivity contribution in [2.45, 2.75) is 32.2 Å². The first-order chi connectivity index (χ1) is 16.2. The molecule has 0 saturated carbocycles. The minimum absolute atomic E-state index is 0.00285. The fourth-order valence-electron chi connectivity index (χ4n) is 4.46. The molecule has 1 unspecified atom stereocenters. The van der Waals surface area contributed by atoms with Gasteiger partial charge in [0.05, 0.1) is 0 Å². The van der Waals surface area contributed by atoms with E-state index >= 15 is 0 Å². The number of nitrogens with zero attached hydrogens (tertiary/aromatic N) is 2. The molecular formula is C25H28N2O7. The monoisotopic (exact) mass is 468 g/mol. The van der Waals surface area contributed by atoms with Gasteiger partial charge in [-0.05, 0) is 42.5 Å². The summed E-state index contributed by atoms with van der Waals surface area (Å²) in [7, 11) is 0. The van der Waals surface area contributed by atoms with Gasteiger partial charge >= 0.3 is 0 Å². The highest BCUT2D eigenvalue weighted by atomic mass is 16.3. The van der Waals surface area contributed by atoms with Crippen molar-refractivity contribution in [3.05, 3.63) is 59.2 Å². The SMILES string of the molecule is O=C1C(Cc2ccc(O)cc2O)CCN1CCCn1c(O)cc(Cc2ccc(O)cc2O)c1O. The minimum Gasteiger partial charge on any atom is -0.508 e. The molecule has 4 rings (SSSR count). The zero-order valence-corrected chi connectivity index (χ0v) is 18.6. The second-order valence-electron chi connectivity index (χ2n) is 8.67. The number of carbonyl (C=O) groups excluding carboxylic acids is 1. The van der Waals surface area contributed by atoms with Crippen molar-refractivity contribution < 1.29 is 35.4 Å². The Labute approximate surface area is 196 Å². The lowest BCUT2D eigenvalue weighted by molar-refractivity contribution is -0.131. The zero-order chi connectivity index (χ0) is 24.4. The van der Waals surface area contributed by atoms with E-state index in [1.807, 2.05) is 0 Å². The molecule has 1 aromatic heterocycles. The van der Waals surface area contributed by atoms with Crippen molar-refractivity contribution >= 4 is 5.91 Å². The Kier molecular flexibility index (Phi) is 6.45. The van der Waals surface area contributed by atoms with Crippen LogP contribution in [0.4, 0.5) is 0 Å². The van der Waals surface area contributed by atoms with Gasteiger partial charge in [0.15, 0.2) is 11.8 Å². The van der Waals surface area contributed by atoms with Gasteiger partial charge in [-0.25, -0.2) is 0 Å². The van der Waals surface area contributed by atoms with Crippen molar-refractivity contribution in [1.29, 1.82) is 0 Å². The number of phenols is 4. The van der Waals surface area contributed by atoms with Crippen LogP contribution in [0.5, 0.6) is 34.8 Å². The highest BCUT2D eigenvalue weighted by molar-refractivity contribution is 5.81. The smallest absolute Gasteiger partial charge is 0.226 e. The van der Waals surface area contributed by atoms with E-state index in [1.165, 1.54) is 34.9 Å². The molecule has 1 fully saturated rings. The van der Waals surface area contributed by atoms with Gasteiger partial charge in [-0.3, -0.25) is 9.36 Å². The molecule has 0 spiro atoms. The van der Waals surface area contributed by atoms with Crippen LogP contribution in [0.15, 0.2) is 42.5 Å². The number of hydrogen-bond donors (Lipinski definition) is 6. The van der Waals surface area contributed by atoms with Crippen LogP contribution in [0.25, 0.3) is 0 Å². The average molecular weight is 469 g/mol. The van der Waals surface area contributed by atoms with Crippen molar-refractivity contribution in [2.24, 2.45) is 5.92 Å². The summed E-state index contributed by atoms with van der Waals surface area (Å²) in [5, 5.41) is 59.7. The molecule has 3 aromatic rings. The lowest BCUT2D eigenvalue weighted by Gasteiger charge is -2.17. The summed E-state index contributed by atoms with van der Waals surface area (Å²) in [5.74, 6) is -0.692. The predicted octanol–water partition coefficient (Wildman–Crippen LogP) is 2.79. The maximum Gasteiger partial charge on any atom is 0.226 e. The molecule has 1 aliphatic heterocycles. The zero-order valence-electron chi connectivity index (χ0n) is 18.6. The van der Waals surface area contributed by atoms with E-state index in [9.17, 15) is 35.4 Å². The molecule has 180 valence electrons. The highest BCUT2D eigenvalue weighted by Gasteiger charge is 2.31. The number of aromatic hydroxyl groups is 6. The normalized spacial score (nSPS) is 15.8. The molecular weight excluding hydrogens is 440 g/mol. The van der Waals surface area contributed by atoms with E-state index in [4.69, 9.17) is 0 Å². The van der Waals surface area contributed by atoms with E-state index in [-0.39, 0.29) is 53.0 Å². The number of carbonyl (C=O) groups is 1. The van der Waals surface area contributed by atoms with E-state index in [2.05, 4.69) is 0 Å². The quantitative estimate of drug-likeness (QED) is 0.298. The molecule has 2 heterocycles. The molecule has 0 radical (unpaired) electrons. The van der Waals surface area contributed by atoms with Gasteiger partial charge < -0.3 is 35.5 Å². The standard InChI is InChI=1S/C25H28N2O7/c28-19-4-2-15(21(30)13-19)10-17-6-9-26(24(17)33)7-1-8-27-23(32)12-18(25(27)34)11-16-3-5-20(29)14-22(16)31/h2-5,12-14,17,28-32,34H,1,6-11H2. The second-order valence-corrected chi connectivity index (χ2v) is 8.67. The fraction of sp³-hybridized carbons (Fsp3) is 0.320. The average Bonchev–Trinajstić information content (AvgIpc) is 3.25. The molecule has 34 heavy (non-hydrogen) atoms. The van der Waals surface area contributed by atoms with Crippen molar-refractivity contribution in [3.63, 3.8) is 0 Å². The largest absolute Gasteiger partial charge is 0.508 e. The third kappa shape index (κ3) is 4.83. The third-order valence-corrected chi connectivity index (χ3v) is 6.33. The van der Waals surface area contributed by atoms with Crippen molar-refractivity contribution in [2.75, 3.05) is 13.1 Å². The Hall–Kier alpha value is -4.01. The molecule has 9 heteroatoms. The maximum atomic E-state index is 12.8. The van der Waals surface area contributed by atoms with Crippen LogP contribution in [-0.2, 0) is 24.2 Å². The van der Waals surface area contributed by atoms with Crippen LogP contribution < -0.4 is 0 Å². The fourth-order valence-corrected chi connectivity index (χ4v) is 4.46. The first-order valence-electron chi connectivity index (χ1n) is 11.1. The van der Waals surface area contributed by atoms with Gasteiger partial charge in [-0.2, -0.15) is 0 Å². The number of amides is 1. The molecule has 1 saturated heterocycles. The molecule has 1 atom stereocenters. The van der Waals surface area contributed by atoms with Crippen LogP contribution in [-0.4, -0.2) is 59.1 Å². The van der Waals surface area contributed by atoms with E-state index < -0.39 is 0 Å². The summed E-state index contributed by atoms with van der Waals surface area (Å²) in [4.78, 5) is 14.5. The number of rotatable bonds is 8. The van der Waals surface area contributed by atoms with Crippen LogP contribution >= 0.6 is 0 Å². The lowest BCUT2D eigenvalue weighted by Crippen LogP contribution is -2.29. The summed E-state index contributed by atoms with van der Waals surface area (Å²) >= 11 is 0. The molecule has 6 N–H and O–H groups in total. The molecule has 0 aliphatic carbocycles. The molecule has 9 nitrogen and oxygen atoms in total. The van der Waals surface area contributed by atoms with E-state index in [0.29, 0.717) is 55.6 Å². The number of likely N-dealkylation sites (tertiary alicyclic amines) is 1. The minimum atomic E-state index is -0.242. The second kappa shape index (κ2) is 9.46. The van der Waals surface area contributed by atoms with Gasteiger partial charge in [0, 0.05) is 55.7 Å². The van der Waals surface area contributed by atoms with Gasteiger partial charge in [0.2, 0.25) is 5.91 Å². The molecule has 1 aliphatic rings. The van der Waals surface area contributed by atoms with Crippen LogP contribution in [0.2, 0.25) is 0 Å². The van der Waals surface area contributed by atoms with Crippen LogP contribution in [0.1, 0.15) is 29.5 Å². The van der Waals surface area contributed by atoms with Crippen molar-refractivity contribution in [1.82, 2.24) is 9.47 Å². The Bertz CT molecular complexity index is 1200. The van der Waals surface area contributed by atoms with Gasteiger partial charge in [0.25, 0.3) is 0 Å². The predicted molar refractivity (Wildman–Crippen MR) is 123 cm³/mol. The number of aromatic nitrogens is 1. The van der Waals surface area contributed by atoms with Gasteiger partial charge in [-0.15, -0.1) is 0 Å². The number of hydrogen-bond acceptors (Lipinski definition) is 7. The summed E-state index contributed by atoms with van der Waals surface area (Å²) < 4.78 is 1.36. The topological polar surface area (TPSA) is 147 Å². The number of benzene rings is 2. The molecule has 0 bridgehead atoms. The summed E-state index contributed by atoms with van der Waals surface area (Å²) in [6.45, 7) is 1.35. The lowest BCUT2D eigenvalue weighted by atomic mass is 9.97. The first kappa shape index (κ1) is 23.2. The van der Waals surface area contributed by atoms with E-state index in [0.717, 1.165) is 0 Å². The maximum absolute atomic E-state index is 12.8. The molecule has 2 aromatic carbocycles. The summed E-state index contributed by atoms with van der Waals surface area (Å²) in [6, 6.07) is 10.0. The first-order valence-corrected chi connectivity index (χ1v) is 11.1. The Morgan fingerprint density at radius 2 is 1.44 bits per heavy atom. The summed E-state index contributed by atoms with van der Waals surface area (Å²) in [5.41, 5.74) is 1.55. The van der Waals surface area contributed by atoms with Gasteiger partial charge in [0.1, 0.15) is 23.0 Å². The third-order valence-electron chi connectivity index (χ3n) is 6.33. The van der Waals surface area contributed by atoms with Crippen LogP contribution in [0, 0.1) is 5.92 Å². The Balaban J connectivity index is 1.33. The summed E-state index contributed by atoms with van der Waals surface area (Å²) in [6.07, 6.45) is 1.76. The van der Waals surface area contributed by atoms with E-state index in [1.54, 1.807) is 17.0 Å². The highest BCUT2D eigenvalue weighted by Crippen LogP contribution is 2.33. The Morgan fingerprint density at radius 1 is 0.794 bits per heavy atom. The number of phenolic OH excluding ortho intramolecular Hbond substituents is 4. The van der Waals surface area contributed by atoms with Crippen molar-refractivity contribution in [3.8, 4) is 34.8 Å².